The summed E-state index contributed by atoms with van der Waals surface area (Å²) in [6.45, 7) is 5.65. The van der Waals surface area contributed by atoms with Gasteiger partial charge in [-0.05, 0) is 98.4 Å². The fourth-order valence-corrected chi connectivity index (χ4v) is 8.32. The molecule has 2 saturated carbocycles. The van der Waals surface area contributed by atoms with Crippen molar-refractivity contribution in [3.63, 3.8) is 0 Å². The monoisotopic (exact) mass is 602 g/mol. The molecule has 4 aliphatic rings. The van der Waals surface area contributed by atoms with Crippen molar-refractivity contribution in [2.24, 2.45) is 17.3 Å². The number of phenolic OH excluding ortho intramolecular Hbond substituents is 1. The molecule has 1 heterocycles. The van der Waals surface area contributed by atoms with Crippen LogP contribution < -0.4 is 10.1 Å². The van der Waals surface area contributed by atoms with Crippen molar-refractivity contribution in [2.75, 3.05) is 38.2 Å². The van der Waals surface area contributed by atoms with Gasteiger partial charge in [0.05, 0.1) is 30.6 Å². The molecule has 234 valence electrons. The summed E-state index contributed by atoms with van der Waals surface area (Å²) < 4.78 is 54.6. The number of nitrogens with zero attached hydrogens (tertiary/aromatic N) is 1. The van der Waals surface area contributed by atoms with Crippen molar-refractivity contribution in [2.45, 2.75) is 76.2 Å². The van der Waals surface area contributed by atoms with Gasteiger partial charge >= 0.3 is 6.18 Å². The first-order valence-electron chi connectivity index (χ1n) is 15.5. The zero-order valence-corrected chi connectivity index (χ0v) is 24.5. The van der Waals surface area contributed by atoms with E-state index in [1.54, 1.807) is 12.1 Å². The van der Waals surface area contributed by atoms with E-state index in [1.807, 2.05) is 6.07 Å². The van der Waals surface area contributed by atoms with Crippen LogP contribution in [0, 0.1) is 17.3 Å². The van der Waals surface area contributed by atoms with Gasteiger partial charge in [-0.2, -0.15) is 13.2 Å². The number of aromatic hydroxyl groups is 1. The molecule has 3 aliphatic carbocycles. The van der Waals surface area contributed by atoms with Gasteiger partial charge in [-0.15, -0.1) is 0 Å². The van der Waals surface area contributed by atoms with Crippen LogP contribution in [0.3, 0.4) is 0 Å². The topological polar surface area (TPSA) is 91.3 Å². The number of hydrogen-bond donors (Lipinski definition) is 3. The fraction of sp³-hybridized carbons (Fsp3) is 0.606. The number of hydrogen-bond acceptors (Lipinski definition) is 6. The number of amides is 1. The van der Waals surface area contributed by atoms with Crippen LogP contribution in [0.15, 0.2) is 36.4 Å². The average Bonchev–Trinajstić information content (AvgIpc) is 3.27. The normalized spacial score (nSPS) is 30.7. The SMILES string of the molecule is C[C@]12C[C@H](Oc3ccc(NC(=O)CCCN4CCOCC4)c(C(F)(F)F)c3)[C@@H]3c4ccc(O)cc4CC[C@H]3[C@@H]1CC[C@@H]2O. The molecule has 1 amide bonds. The maximum Gasteiger partial charge on any atom is 0.418 e. The van der Waals surface area contributed by atoms with E-state index in [-0.39, 0.29) is 40.9 Å². The van der Waals surface area contributed by atoms with Crippen molar-refractivity contribution in [1.29, 1.82) is 0 Å². The Bertz CT molecular complexity index is 1330. The zero-order chi connectivity index (χ0) is 30.4. The third-order valence-electron chi connectivity index (χ3n) is 10.5. The van der Waals surface area contributed by atoms with Crippen LogP contribution in [0.1, 0.15) is 68.1 Å². The second kappa shape index (κ2) is 11.9. The summed E-state index contributed by atoms with van der Waals surface area (Å²) in [6, 6.07) is 9.12. The summed E-state index contributed by atoms with van der Waals surface area (Å²) in [4.78, 5) is 14.8. The van der Waals surface area contributed by atoms with Gasteiger partial charge in [0.25, 0.3) is 0 Å². The molecule has 1 saturated heterocycles. The lowest BCUT2D eigenvalue weighted by Crippen LogP contribution is -2.51. The summed E-state index contributed by atoms with van der Waals surface area (Å²) in [5.41, 5.74) is 0.494. The maximum atomic E-state index is 14.3. The molecule has 3 N–H and O–H groups in total. The number of phenols is 1. The molecule has 3 fully saturated rings. The van der Waals surface area contributed by atoms with Gasteiger partial charge in [0.1, 0.15) is 17.6 Å². The largest absolute Gasteiger partial charge is 0.508 e. The smallest absolute Gasteiger partial charge is 0.418 e. The van der Waals surface area contributed by atoms with Gasteiger partial charge in [0.2, 0.25) is 5.91 Å². The molecule has 0 radical (unpaired) electrons. The summed E-state index contributed by atoms with van der Waals surface area (Å²) in [7, 11) is 0. The number of ether oxygens (including phenoxy) is 2. The van der Waals surface area contributed by atoms with Gasteiger partial charge in [-0.1, -0.05) is 13.0 Å². The summed E-state index contributed by atoms with van der Waals surface area (Å²) in [5.74, 6) is 0.269. The van der Waals surface area contributed by atoms with Crippen molar-refractivity contribution in [3.05, 3.63) is 53.1 Å². The van der Waals surface area contributed by atoms with Gasteiger partial charge in [-0.3, -0.25) is 9.69 Å². The standard InChI is InChI=1S/C33H41F3N2O5/c1-32-19-28(31-23-8-5-21(39)17-20(23)4-7-24(31)25(32)9-11-29(32)40)43-22-6-10-27(26(18-22)33(34,35)36)37-30(41)3-2-12-38-13-15-42-16-14-38/h5-6,8,10,17-18,24-25,28-29,31,39-40H,2-4,7,9,11-16,19H2,1H3,(H,37,41)/t24-,25-,28-,29-,31+,32-/m0/s1. The number of rotatable bonds is 7. The number of aliphatic hydroxyl groups is 1. The Kier molecular flexibility index (Phi) is 8.39. The van der Waals surface area contributed by atoms with E-state index in [9.17, 15) is 28.2 Å². The Hall–Kier alpha value is -2.82. The highest BCUT2D eigenvalue weighted by Crippen LogP contribution is 2.61. The van der Waals surface area contributed by atoms with Gasteiger partial charge in [-0.25, -0.2) is 0 Å². The molecule has 43 heavy (non-hydrogen) atoms. The molecule has 1 aliphatic heterocycles. The molecule has 0 spiro atoms. The van der Waals surface area contributed by atoms with E-state index in [1.165, 1.54) is 12.1 Å². The summed E-state index contributed by atoms with van der Waals surface area (Å²) in [5, 5.41) is 23.6. The highest BCUT2D eigenvalue weighted by Gasteiger charge is 2.58. The molecule has 10 heteroatoms. The minimum absolute atomic E-state index is 0.0621. The second-order valence-corrected chi connectivity index (χ2v) is 13.0. The molecular weight excluding hydrogens is 561 g/mol. The molecule has 0 aromatic heterocycles. The first-order chi connectivity index (χ1) is 20.5. The third-order valence-corrected chi connectivity index (χ3v) is 10.5. The lowest BCUT2D eigenvalue weighted by molar-refractivity contribution is -0.137. The number of alkyl halides is 3. The van der Waals surface area contributed by atoms with Crippen LogP contribution in [0.2, 0.25) is 0 Å². The number of benzene rings is 2. The van der Waals surface area contributed by atoms with Crippen molar-refractivity contribution in [1.82, 2.24) is 4.90 Å². The highest BCUT2D eigenvalue weighted by atomic mass is 19.4. The van der Waals surface area contributed by atoms with Crippen LogP contribution in [0.5, 0.6) is 11.5 Å². The minimum Gasteiger partial charge on any atom is -0.508 e. The third kappa shape index (κ3) is 6.11. The minimum atomic E-state index is -4.70. The average molecular weight is 603 g/mol. The number of carbonyl (C=O) groups is 1. The van der Waals surface area contributed by atoms with Gasteiger partial charge < -0.3 is 25.0 Å². The molecular formula is C33H41F3N2O5. The number of morpholine rings is 1. The number of anilines is 1. The van der Waals surface area contributed by atoms with E-state index in [4.69, 9.17) is 9.47 Å². The van der Waals surface area contributed by atoms with E-state index < -0.39 is 29.9 Å². The van der Waals surface area contributed by atoms with Crippen molar-refractivity contribution < 1.29 is 37.7 Å². The Morgan fingerprint density at radius 2 is 1.93 bits per heavy atom. The van der Waals surface area contributed by atoms with Crippen molar-refractivity contribution in [3.8, 4) is 11.5 Å². The second-order valence-electron chi connectivity index (χ2n) is 13.0. The van der Waals surface area contributed by atoms with E-state index in [0.717, 1.165) is 49.5 Å². The van der Waals surface area contributed by atoms with E-state index >= 15 is 0 Å². The fourth-order valence-electron chi connectivity index (χ4n) is 8.32. The number of halogens is 3. The molecule has 6 atom stereocenters. The van der Waals surface area contributed by atoms with Crippen molar-refractivity contribution >= 4 is 11.6 Å². The number of aryl methyl sites for hydroxylation is 1. The van der Waals surface area contributed by atoms with Crippen LogP contribution >= 0.6 is 0 Å². The predicted octanol–water partition coefficient (Wildman–Crippen LogP) is 5.74. The Morgan fingerprint density at radius 1 is 1.14 bits per heavy atom. The van der Waals surface area contributed by atoms with Crippen LogP contribution in [0.25, 0.3) is 0 Å². The van der Waals surface area contributed by atoms with Gasteiger partial charge in [0, 0.05) is 30.8 Å². The number of carbonyl (C=O) groups excluding carboxylic acids is 1. The van der Waals surface area contributed by atoms with Crippen LogP contribution in [-0.2, 0) is 22.1 Å². The molecule has 0 bridgehead atoms. The van der Waals surface area contributed by atoms with E-state index in [2.05, 4.69) is 17.1 Å². The quantitative estimate of drug-likeness (QED) is 0.375. The zero-order valence-electron chi connectivity index (χ0n) is 24.5. The molecule has 6 rings (SSSR count). The van der Waals surface area contributed by atoms with Crippen LogP contribution in [-0.4, -0.2) is 66.1 Å². The Balaban J connectivity index is 1.22. The van der Waals surface area contributed by atoms with Crippen LogP contribution in [0.4, 0.5) is 18.9 Å². The first kappa shape index (κ1) is 30.2. The van der Waals surface area contributed by atoms with E-state index in [0.29, 0.717) is 44.9 Å². The lowest BCUT2D eigenvalue weighted by atomic mass is 9.54. The first-order valence-corrected chi connectivity index (χ1v) is 15.5. The number of aliphatic hydroxyl groups excluding tert-OH is 1. The summed E-state index contributed by atoms with van der Waals surface area (Å²) in [6.07, 6.45) is -1.16. The highest BCUT2D eigenvalue weighted by molar-refractivity contribution is 5.91. The number of nitrogens with one attached hydrogen (secondary N) is 1. The molecule has 0 unspecified atom stereocenters. The molecule has 2 aromatic carbocycles. The predicted molar refractivity (Wildman–Crippen MR) is 155 cm³/mol. The maximum absolute atomic E-state index is 14.3. The summed E-state index contributed by atoms with van der Waals surface area (Å²) >= 11 is 0. The van der Waals surface area contributed by atoms with Gasteiger partial charge in [0.15, 0.2) is 0 Å². The number of fused-ring (bicyclic) bond motifs is 5. The molecule has 7 nitrogen and oxygen atoms in total. The molecule has 2 aromatic rings. The Morgan fingerprint density at radius 3 is 2.70 bits per heavy atom. The lowest BCUT2D eigenvalue weighted by Gasteiger charge is -2.53. The Labute approximate surface area is 250 Å².